The summed E-state index contributed by atoms with van der Waals surface area (Å²) in [5, 5.41) is 0. The average Bonchev–Trinajstić information content (AvgIpc) is 2.93. The predicted octanol–water partition coefficient (Wildman–Crippen LogP) is 8.64. The fourth-order valence-corrected chi connectivity index (χ4v) is 3.55. The molecule has 0 atom stereocenters. The van der Waals surface area contributed by atoms with Crippen molar-refractivity contribution in [2.45, 2.75) is 169 Å². The van der Waals surface area contributed by atoms with E-state index in [-0.39, 0.29) is 12.8 Å². The Bertz CT molecular complexity index is 527. The molecule has 0 aliphatic rings. The van der Waals surface area contributed by atoms with Gasteiger partial charge in [-0.15, -0.1) is 0 Å². The first-order valence-electron chi connectivity index (χ1n) is 15.2. The maximum atomic E-state index is 11.6. The third-order valence-electron chi connectivity index (χ3n) is 6.00. The molecule has 0 aliphatic heterocycles. The molecule has 8 nitrogen and oxygen atoms in total. The van der Waals surface area contributed by atoms with Gasteiger partial charge in [-0.05, 0) is 12.8 Å². The van der Waals surface area contributed by atoms with E-state index in [0.29, 0.717) is 12.8 Å². The highest BCUT2D eigenvalue weighted by Crippen LogP contribution is 2.12. The fraction of sp³-hybridized carbons (Fsp3) is 0.867. The maximum Gasteiger partial charge on any atom is 0.355 e. The Morgan fingerprint density at radius 3 is 0.842 bits per heavy atom. The number of unbranched alkanes of at least 4 members (excludes halogenated alkanes) is 16. The molecule has 0 N–H and O–H groups in total. The highest BCUT2D eigenvalue weighted by Gasteiger charge is 2.09. The van der Waals surface area contributed by atoms with E-state index in [2.05, 4.69) is 33.4 Å². The zero-order chi connectivity index (χ0) is 28.7. The summed E-state index contributed by atoms with van der Waals surface area (Å²) < 4.78 is 0. The van der Waals surface area contributed by atoms with E-state index >= 15 is 0 Å². The monoisotopic (exact) mass is 544 g/mol. The van der Waals surface area contributed by atoms with E-state index in [1.807, 2.05) is 0 Å². The second-order valence-electron chi connectivity index (χ2n) is 9.69. The maximum absolute atomic E-state index is 11.6. The Labute approximate surface area is 231 Å². The molecule has 0 saturated carbocycles. The van der Waals surface area contributed by atoms with E-state index in [4.69, 9.17) is 0 Å². The third-order valence-corrected chi connectivity index (χ3v) is 6.00. The molecular formula is C30H56O8. The van der Waals surface area contributed by atoms with Gasteiger partial charge in [-0.2, -0.15) is 0 Å². The summed E-state index contributed by atoms with van der Waals surface area (Å²) in [6.07, 6.45) is 22.7. The van der Waals surface area contributed by atoms with Crippen LogP contribution < -0.4 is 0 Å². The molecule has 0 rings (SSSR count). The van der Waals surface area contributed by atoms with Gasteiger partial charge in [0, 0.05) is 12.8 Å². The van der Waals surface area contributed by atoms with Crippen molar-refractivity contribution in [1.82, 2.24) is 0 Å². The van der Waals surface area contributed by atoms with Crippen molar-refractivity contribution < 1.29 is 38.7 Å². The van der Waals surface area contributed by atoms with Crippen molar-refractivity contribution in [1.29, 1.82) is 0 Å². The first-order chi connectivity index (χ1) is 18.4. The summed E-state index contributed by atoms with van der Waals surface area (Å²) in [4.78, 5) is 61.2. The van der Waals surface area contributed by atoms with Gasteiger partial charge in [-0.3, -0.25) is 0 Å². The Balaban J connectivity index is 0. The number of hydrogen-bond donors (Lipinski definition) is 0. The van der Waals surface area contributed by atoms with Crippen LogP contribution in [-0.2, 0) is 38.7 Å². The van der Waals surface area contributed by atoms with Gasteiger partial charge in [0.15, 0.2) is 0 Å². The first-order valence-corrected chi connectivity index (χ1v) is 15.2. The number of rotatable bonds is 22. The minimum Gasteiger partial charge on any atom is -0.247 e. The molecule has 0 bridgehead atoms. The van der Waals surface area contributed by atoms with Crippen LogP contribution >= 0.6 is 0 Å². The van der Waals surface area contributed by atoms with Crippen LogP contribution in [0.15, 0.2) is 0 Å². The molecule has 0 aromatic rings. The lowest BCUT2D eigenvalue weighted by atomic mass is 10.1. The highest BCUT2D eigenvalue weighted by atomic mass is 17.2. The van der Waals surface area contributed by atoms with Crippen molar-refractivity contribution in [3.63, 3.8) is 0 Å². The Kier molecular flexibility index (Phi) is 31.1. The number of carbonyl (C=O) groups excluding carboxylic acids is 4. The Hall–Kier alpha value is -2.12. The van der Waals surface area contributed by atoms with Gasteiger partial charge in [-0.1, -0.05) is 130 Å². The molecule has 0 heterocycles. The smallest absolute Gasteiger partial charge is 0.247 e. The zero-order valence-corrected chi connectivity index (χ0v) is 24.8. The first kappa shape index (κ1) is 38.0. The second kappa shape index (κ2) is 31.1. The minimum absolute atomic E-state index is 0.205. The molecule has 0 aliphatic carbocycles. The van der Waals surface area contributed by atoms with Crippen LogP contribution in [0.3, 0.4) is 0 Å². The lowest BCUT2D eigenvalue weighted by Gasteiger charge is -2.04. The van der Waals surface area contributed by atoms with Gasteiger partial charge in [0.1, 0.15) is 0 Å². The molecule has 0 saturated heterocycles. The van der Waals surface area contributed by atoms with Crippen LogP contribution in [0.2, 0.25) is 0 Å². The van der Waals surface area contributed by atoms with Crippen molar-refractivity contribution in [3.8, 4) is 0 Å². The zero-order valence-electron chi connectivity index (χ0n) is 24.8. The molecule has 0 radical (unpaired) electrons. The average molecular weight is 545 g/mol. The molecule has 0 fully saturated rings. The van der Waals surface area contributed by atoms with Crippen LogP contribution in [0.4, 0.5) is 0 Å². The molecule has 0 unspecified atom stereocenters. The quantitative estimate of drug-likeness (QED) is 0.0757. The van der Waals surface area contributed by atoms with E-state index in [9.17, 15) is 19.2 Å². The Morgan fingerprint density at radius 1 is 0.342 bits per heavy atom. The predicted molar refractivity (Wildman–Crippen MR) is 149 cm³/mol. The normalized spacial score (nSPS) is 10.2. The molecule has 8 heteroatoms. The lowest BCUT2D eigenvalue weighted by molar-refractivity contribution is -0.259. The van der Waals surface area contributed by atoms with E-state index in [1.54, 1.807) is 13.8 Å². The van der Waals surface area contributed by atoms with Crippen LogP contribution in [-0.4, -0.2) is 23.9 Å². The van der Waals surface area contributed by atoms with Crippen molar-refractivity contribution >= 4 is 23.9 Å². The molecular weight excluding hydrogens is 488 g/mol. The summed E-state index contributed by atoms with van der Waals surface area (Å²) in [7, 11) is 0. The topological polar surface area (TPSA) is 105 Å². The van der Waals surface area contributed by atoms with Gasteiger partial charge < -0.3 is 0 Å². The third kappa shape index (κ3) is 31.9. The molecule has 0 aromatic carbocycles. The summed E-state index contributed by atoms with van der Waals surface area (Å²) in [6, 6.07) is 0. The van der Waals surface area contributed by atoms with Crippen LogP contribution in [0.25, 0.3) is 0 Å². The molecule has 0 amide bonds. The minimum atomic E-state index is -0.540. The van der Waals surface area contributed by atoms with E-state index in [0.717, 1.165) is 38.5 Å². The van der Waals surface area contributed by atoms with Gasteiger partial charge in [-0.25, -0.2) is 38.7 Å². The molecule has 224 valence electrons. The molecule has 0 spiro atoms. The molecule has 38 heavy (non-hydrogen) atoms. The summed E-state index contributed by atoms with van der Waals surface area (Å²) in [6.45, 7) is 7.69. The number of hydrogen-bond acceptors (Lipinski definition) is 8. The summed E-state index contributed by atoms with van der Waals surface area (Å²) >= 11 is 0. The summed E-state index contributed by atoms with van der Waals surface area (Å²) in [5.74, 6) is -1.93. The van der Waals surface area contributed by atoms with E-state index < -0.39 is 23.9 Å². The standard InChI is InChI=1S/C24H46O4.C6H10O4/c1-3-5-7-9-11-13-15-17-19-21-23(25)27-28-24(26)22-20-18-16-14-12-10-8-6-4-2;1-3-5(7)9-10-6(8)4-2/h3-22H2,1-2H3;3-4H2,1-2H3. The molecule has 0 aromatic heterocycles. The van der Waals surface area contributed by atoms with Crippen LogP contribution in [0, 0.1) is 0 Å². The van der Waals surface area contributed by atoms with Crippen molar-refractivity contribution in [2.24, 2.45) is 0 Å². The van der Waals surface area contributed by atoms with Gasteiger partial charge in [0.2, 0.25) is 0 Å². The van der Waals surface area contributed by atoms with Gasteiger partial charge in [0.25, 0.3) is 0 Å². The SMILES string of the molecule is CCC(=O)OOC(=O)CC.CCCCCCCCCCCC(=O)OOC(=O)CCCCCCCCCCC. The van der Waals surface area contributed by atoms with E-state index in [1.165, 1.54) is 77.0 Å². The largest absolute Gasteiger partial charge is 0.355 e. The van der Waals surface area contributed by atoms with Crippen molar-refractivity contribution in [2.75, 3.05) is 0 Å². The fourth-order valence-electron chi connectivity index (χ4n) is 3.55. The lowest BCUT2D eigenvalue weighted by Crippen LogP contribution is -2.11. The van der Waals surface area contributed by atoms with Gasteiger partial charge >= 0.3 is 23.9 Å². The highest BCUT2D eigenvalue weighted by molar-refractivity contribution is 5.73. The van der Waals surface area contributed by atoms with Crippen molar-refractivity contribution in [3.05, 3.63) is 0 Å². The van der Waals surface area contributed by atoms with Gasteiger partial charge in [0.05, 0.1) is 12.8 Å². The van der Waals surface area contributed by atoms with Crippen LogP contribution in [0.5, 0.6) is 0 Å². The summed E-state index contributed by atoms with van der Waals surface area (Å²) in [5.41, 5.74) is 0. The van der Waals surface area contributed by atoms with Crippen LogP contribution in [0.1, 0.15) is 169 Å². The second-order valence-corrected chi connectivity index (χ2v) is 9.69. The number of carbonyl (C=O) groups is 4. The Morgan fingerprint density at radius 2 is 0.579 bits per heavy atom.